The second kappa shape index (κ2) is 3.74. The number of hydrogen-bond acceptors (Lipinski definition) is 2. The third-order valence-corrected chi connectivity index (χ3v) is 2.12. The normalized spacial score (nSPS) is 18.9. The standard InChI is InChI=1S/C9H18N2/c1-4-9-10-6-5-7-11(9)8(2)3/h8H,4-7H2,1-3H3. The van der Waals surface area contributed by atoms with Gasteiger partial charge in [-0.15, -0.1) is 0 Å². The second-order valence-corrected chi connectivity index (χ2v) is 3.29. The lowest BCUT2D eigenvalue weighted by Crippen LogP contribution is -2.40. The Morgan fingerprint density at radius 2 is 2.27 bits per heavy atom. The summed E-state index contributed by atoms with van der Waals surface area (Å²) in [5.41, 5.74) is 0. The van der Waals surface area contributed by atoms with Crippen molar-refractivity contribution in [1.82, 2.24) is 4.90 Å². The lowest BCUT2D eigenvalue weighted by Gasteiger charge is -2.32. The topological polar surface area (TPSA) is 15.6 Å². The van der Waals surface area contributed by atoms with Crippen LogP contribution in [-0.4, -0.2) is 29.9 Å². The van der Waals surface area contributed by atoms with Gasteiger partial charge in [0.1, 0.15) is 0 Å². The third kappa shape index (κ3) is 1.95. The molecule has 2 nitrogen and oxygen atoms in total. The first-order chi connectivity index (χ1) is 5.25. The number of hydrogen-bond donors (Lipinski definition) is 0. The summed E-state index contributed by atoms with van der Waals surface area (Å²) in [5, 5.41) is 0. The summed E-state index contributed by atoms with van der Waals surface area (Å²) < 4.78 is 0. The van der Waals surface area contributed by atoms with Crippen LogP contribution in [0.2, 0.25) is 0 Å². The van der Waals surface area contributed by atoms with Crippen LogP contribution in [-0.2, 0) is 0 Å². The van der Waals surface area contributed by atoms with Crippen LogP contribution in [0.4, 0.5) is 0 Å². The van der Waals surface area contributed by atoms with Crippen LogP contribution in [0.5, 0.6) is 0 Å². The van der Waals surface area contributed by atoms with E-state index in [0.717, 1.165) is 13.0 Å². The molecule has 0 spiro atoms. The van der Waals surface area contributed by atoms with Crippen molar-refractivity contribution in [3.63, 3.8) is 0 Å². The minimum Gasteiger partial charge on any atom is -0.358 e. The first kappa shape index (κ1) is 8.57. The molecule has 1 aliphatic heterocycles. The molecule has 0 aromatic carbocycles. The monoisotopic (exact) mass is 154 g/mol. The summed E-state index contributed by atoms with van der Waals surface area (Å²) in [5.74, 6) is 1.30. The number of nitrogens with zero attached hydrogens (tertiary/aromatic N) is 2. The Hall–Kier alpha value is -0.530. The third-order valence-electron chi connectivity index (χ3n) is 2.12. The van der Waals surface area contributed by atoms with Gasteiger partial charge in [-0.1, -0.05) is 6.92 Å². The maximum Gasteiger partial charge on any atom is 0.0988 e. The molecule has 0 atom stereocenters. The molecule has 0 fully saturated rings. The summed E-state index contributed by atoms with van der Waals surface area (Å²) in [6.07, 6.45) is 2.31. The zero-order chi connectivity index (χ0) is 8.27. The molecule has 0 saturated heterocycles. The van der Waals surface area contributed by atoms with Gasteiger partial charge in [0.25, 0.3) is 0 Å². The smallest absolute Gasteiger partial charge is 0.0988 e. The fraction of sp³-hybridized carbons (Fsp3) is 0.889. The van der Waals surface area contributed by atoms with Crippen LogP contribution < -0.4 is 0 Å². The summed E-state index contributed by atoms with van der Waals surface area (Å²) in [4.78, 5) is 6.90. The lowest BCUT2D eigenvalue weighted by molar-refractivity contribution is 0.326. The molecule has 2 heteroatoms. The van der Waals surface area contributed by atoms with Crippen molar-refractivity contribution in [3.05, 3.63) is 0 Å². The molecular formula is C9H18N2. The van der Waals surface area contributed by atoms with Gasteiger partial charge in [-0.25, -0.2) is 0 Å². The van der Waals surface area contributed by atoms with E-state index >= 15 is 0 Å². The number of aliphatic imine (C=N–C) groups is 1. The summed E-state index contributed by atoms with van der Waals surface area (Å²) in [7, 11) is 0. The van der Waals surface area contributed by atoms with Gasteiger partial charge in [0, 0.05) is 25.6 Å². The van der Waals surface area contributed by atoms with Crippen molar-refractivity contribution in [2.75, 3.05) is 13.1 Å². The molecule has 1 heterocycles. The largest absolute Gasteiger partial charge is 0.358 e. The van der Waals surface area contributed by atoms with Crippen LogP contribution >= 0.6 is 0 Å². The average molecular weight is 154 g/mol. The van der Waals surface area contributed by atoms with E-state index in [1.165, 1.54) is 18.8 Å². The summed E-state index contributed by atoms with van der Waals surface area (Å²) >= 11 is 0. The Balaban J connectivity index is 2.62. The van der Waals surface area contributed by atoms with E-state index in [-0.39, 0.29) is 0 Å². The molecule has 0 aromatic heterocycles. The maximum atomic E-state index is 4.49. The fourth-order valence-electron chi connectivity index (χ4n) is 1.54. The van der Waals surface area contributed by atoms with Crippen molar-refractivity contribution in [2.24, 2.45) is 4.99 Å². The summed E-state index contributed by atoms with van der Waals surface area (Å²) in [6.45, 7) is 8.88. The van der Waals surface area contributed by atoms with Gasteiger partial charge in [-0.3, -0.25) is 4.99 Å². The van der Waals surface area contributed by atoms with Gasteiger partial charge >= 0.3 is 0 Å². The zero-order valence-corrected chi connectivity index (χ0v) is 7.80. The zero-order valence-electron chi connectivity index (χ0n) is 7.80. The van der Waals surface area contributed by atoms with Crippen LogP contribution in [0.3, 0.4) is 0 Å². The van der Waals surface area contributed by atoms with E-state index in [0.29, 0.717) is 6.04 Å². The van der Waals surface area contributed by atoms with E-state index in [2.05, 4.69) is 30.7 Å². The highest BCUT2D eigenvalue weighted by molar-refractivity contribution is 5.82. The van der Waals surface area contributed by atoms with E-state index in [4.69, 9.17) is 0 Å². The Morgan fingerprint density at radius 3 is 2.73 bits per heavy atom. The molecule has 64 valence electrons. The molecule has 0 aliphatic carbocycles. The predicted octanol–water partition coefficient (Wildman–Crippen LogP) is 1.91. The second-order valence-electron chi connectivity index (χ2n) is 3.29. The molecule has 0 saturated carbocycles. The molecule has 0 bridgehead atoms. The number of amidine groups is 1. The van der Waals surface area contributed by atoms with Crippen molar-refractivity contribution >= 4 is 5.84 Å². The van der Waals surface area contributed by atoms with Gasteiger partial charge in [0.05, 0.1) is 5.84 Å². The van der Waals surface area contributed by atoms with Crippen molar-refractivity contribution in [3.8, 4) is 0 Å². The van der Waals surface area contributed by atoms with Gasteiger partial charge in [-0.2, -0.15) is 0 Å². The Morgan fingerprint density at radius 1 is 1.55 bits per heavy atom. The Bertz CT molecular complexity index is 150. The SMILES string of the molecule is CCC1=NCCCN1C(C)C. The Labute approximate surface area is 69.3 Å². The van der Waals surface area contributed by atoms with Crippen molar-refractivity contribution in [1.29, 1.82) is 0 Å². The minimum atomic E-state index is 0.619. The van der Waals surface area contributed by atoms with E-state index < -0.39 is 0 Å². The van der Waals surface area contributed by atoms with Gasteiger partial charge in [-0.05, 0) is 20.3 Å². The maximum absolute atomic E-state index is 4.49. The average Bonchev–Trinajstić information content (AvgIpc) is 2.04. The molecule has 0 aromatic rings. The van der Waals surface area contributed by atoms with E-state index in [1.807, 2.05) is 0 Å². The van der Waals surface area contributed by atoms with E-state index in [9.17, 15) is 0 Å². The highest BCUT2D eigenvalue weighted by Crippen LogP contribution is 2.09. The predicted molar refractivity (Wildman–Crippen MR) is 49.1 cm³/mol. The summed E-state index contributed by atoms with van der Waals surface area (Å²) in [6, 6.07) is 0.619. The molecule has 0 amide bonds. The quantitative estimate of drug-likeness (QED) is 0.593. The fourth-order valence-corrected chi connectivity index (χ4v) is 1.54. The molecule has 0 unspecified atom stereocenters. The van der Waals surface area contributed by atoms with E-state index in [1.54, 1.807) is 0 Å². The molecule has 1 aliphatic rings. The van der Waals surface area contributed by atoms with Crippen LogP contribution in [0.15, 0.2) is 4.99 Å². The van der Waals surface area contributed by atoms with Gasteiger partial charge in [0.2, 0.25) is 0 Å². The molecule has 0 N–H and O–H groups in total. The Kier molecular flexibility index (Phi) is 2.92. The van der Waals surface area contributed by atoms with Crippen LogP contribution in [0.1, 0.15) is 33.6 Å². The van der Waals surface area contributed by atoms with Crippen LogP contribution in [0.25, 0.3) is 0 Å². The lowest BCUT2D eigenvalue weighted by atomic mass is 10.2. The first-order valence-electron chi connectivity index (χ1n) is 4.55. The first-order valence-corrected chi connectivity index (χ1v) is 4.55. The van der Waals surface area contributed by atoms with Crippen molar-refractivity contribution in [2.45, 2.75) is 39.7 Å². The van der Waals surface area contributed by atoms with Crippen molar-refractivity contribution < 1.29 is 0 Å². The molecular weight excluding hydrogens is 136 g/mol. The van der Waals surface area contributed by atoms with Crippen LogP contribution in [0, 0.1) is 0 Å². The van der Waals surface area contributed by atoms with Gasteiger partial charge in [0.15, 0.2) is 0 Å². The molecule has 0 radical (unpaired) electrons. The highest BCUT2D eigenvalue weighted by atomic mass is 15.2. The van der Waals surface area contributed by atoms with Gasteiger partial charge < -0.3 is 4.90 Å². The highest BCUT2D eigenvalue weighted by Gasteiger charge is 2.15. The minimum absolute atomic E-state index is 0.619. The molecule has 11 heavy (non-hydrogen) atoms. The number of rotatable bonds is 2. The molecule has 1 rings (SSSR count).